The fourth-order valence-electron chi connectivity index (χ4n) is 2.66. The van der Waals surface area contributed by atoms with Crippen LogP contribution in [0.3, 0.4) is 0 Å². The molecule has 0 fully saturated rings. The van der Waals surface area contributed by atoms with Gasteiger partial charge in [-0.1, -0.05) is 26.0 Å². The number of hydrogen-bond donors (Lipinski definition) is 0. The van der Waals surface area contributed by atoms with E-state index in [1.807, 2.05) is 32.9 Å². The first-order chi connectivity index (χ1) is 9.69. The molecule has 1 aliphatic rings. The molecule has 1 atom stereocenters. The third-order valence-corrected chi connectivity index (χ3v) is 3.78. The normalized spacial score (nSPS) is 21.8. The minimum atomic E-state index is -0.742. The van der Waals surface area contributed by atoms with Crippen molar-refractivity contribution < 1.29 is 19.1 Å². The van der Waals surface area contributed by atoms with Crippen LogP contribution in [0.1, 0.15) is 53.9 Å². The Morgan fingerprint density at radius 1 is 1.33 bits per heavy atom. The van der Waals surface area contributed by atoms with Gasteiger partial charge in [-0.05, 0) is 37.3 Å². The summed E-state index contributed by atoms with van der Waals surface area (Å²) in [4.78, 5) is 35.0. The minimum Gasteiger partial charge on any atom is -0.454 e. The number of carbonyl (C=O) groups is 3. The molecule has 0 radical (unpaired) electrons. The Bertz CT molecular complexity index is 509. The highest BCUT2D eigenvalue weighted by Gasteiger charge is 2.39. The number of rotatable bonds is 5. The zero-order valence-electron chi connectivity index (χ0n) is 13.5. The van der Waals surface area contributed by atoms with Crippen molar-refractivity contribution in [3.8, 4) is 0 Å². The quantitative estimate of drug-likeness (QED) is 0.730. The van der Waals surface area contributed by atoms with Gasteiger partial charge in [-0.15, -0.1) is 0 Å². The van der Waals surface area contributed by atoms with Crippen LogP contribution in [0.15, 0.2) is 23.3 Å². The molecule has 0 aromatic heterocycles. The Labute approximate surface area is 126 Å². The Hall–Kier alpha value is -1.71. The van der Waals surface area contributed by atoms with E-state index in [1.165, 1.54) is 6.92 Å². The monoisotopic (exact) mass is 292 g/mol. The molecule has 0 amide bonds. The van der Waals surface area contributed by atoms with Crippen molar-refractivity contribution in [2.24, 2.45) is 5.41 Å². The summed E-state index contributed by atoms with van der Waals surface area (Å²) in [6, 6.07) is 0. The van der Waals surface area contributed by atoms with Crippen LogP contribution >= 0.6 is 0 Å². The van der Waals surface area contributed by atoms with Gasteiger partial charge in [0.25, 0.3) is 0 Å². The van der Waals surface area contributed by atoms with Crippen molar-refractivity contribution in [3.63, 3.8) is 0 Å². The molecule has 0 aromatic rings. The molecule has 1 aliphatic carbocycles. The van der Waals surface area contributed by atoms with Crippen molar-refractivity contribution in [1.82, 2.24) is 0 Å². The molecular formula is C17H24O4. The number of carbonyl (C=O) groups excluding carboxylic acids is 3. The van der Waals surface area contributed by atoms with Crippen LogP contribution in [0.4, 0.5) is 0 Å². The van der Waals surface area contributed by atoms with Crippen LogP contribution in [0, 0.1) is 5.41 Å². The van der Waals surface area contributed by atoms with Crippen LogP contribution in [-0.4, -0.2) is 23.6 Å². The summed E-state index contributed by atoms with van der Waals surface area (Å²) in [7, 11) is 0. The first kappa shape index (κ1) is 17.3. The summed E-state index contributed by atoms with van der Waals surface area (Å²) in [6.07, 6.45) is 3.77. The van der Waals surface area contributed by atoms with Crippen LogP contribution in [-0.2, 0) is 19.1 Å². The molecule has 0 N–H and O–H groups in total. The van der Waals surface area contributed by atoms with E-state index in [-0.39, 0.29) is 29.8 Å². The van der Waals surface area contributed by atoms with E-state index in [0.29, 0.717) is 12.0 Å². The molecule has 116 valence electrons. The second-order valence-corrected chi connectivity index (χ2v) is 6.17. The maximum atomic E-state index is 12.3. The highest BCUT2D eigenvalue weighted by Crippen LogP contribution is 2.40. The van der Waals surface area contributed by atoms with E-state index in [0.717, 1.165) is 5.57 Å². The van der Waals surface area contributed by atoms with E-state index < -0.39 is 12.1 Å². The summed E-state index contributed by atoms with van der Waals surface area (Å²) in [5.74, 6) is -0.686. The van der Waals surface area contributed by atoms with E-state index in [9.17, 15) is 14.4 Å². The highest BCUT2D eigenvalue weighted by atomic mass is 16.5. The zero-order valence-corrected chi connectivity index (χ0v) is 13.5. The van der Waals surface area contributed by atoms with Crippen LogP contribution in [0.2, 0.25) is 0 Å². The molecule has 0 saturated carbocycles. The Morgan fingerprint density at radius 3 is 2.48 bits per heavy atom. The van der Waals surface area contributed by atoms with Crippen molar-refractivity contribution in [1.29, 1.82) is 0 Å². The topological polar surface area (TPSA) is 60.4 Å². The van der Waals surface area contributed by atoms with E-state index in [1.54, 1.807) is 6.92 Å². The number of esters is 1. The lowest BCUT2D eigenvalue weighted by Gasteiger charge is -2.36. The summed E-state index contributed by atoms with van der Waals surface area (Å²) in [6.45, 7) is 9.19. The van der Waals surface area contributed by atoms with Gasteiger partial charge in [-0.3, -0.25) is 9.59 Å². The molecular weight excluding hydrogens is 268 g/mol. The maximum absolute atomic E-state index is 12.3. The molecule has 0 aromatic carbocycles. The molecule has 0 saturated heterocycles. The predicted octanol–water partition coefficient (Wildman–Crippen LogP) is 3.16. The fourth-order valence-corrected chi connectivity index (χ4v) is 2.66. The standard InChI is InChI=1S/C17H24O4/c1-6-7-13-12(3)16(20)14(10-17(13,4)5)21-15(19)9-8-11(2)18/h6-7,14H,8-10H2,1-5H3/b7-6+. The lowest BCUT2D eigenvalue weighted by Crippen LogP contribution is -2.39. The van der Waals surface area contributed by atoms with Crippen molar-refractivity contribution >= 4 is 17.5 Å². The van der Waals surface area contributed by atoms with Gasteiger partial charge in [0.05, 0.1) is 6.42 Å². The number of hydrogen-bond acceptors (Lipinski definition) is 4. The number of ketones is 2. The van der Waals surface area contributed by atoms with Crippen LogP contribution in [0.25, 0.3) is 0 Å². The molecule has 0 spiro atoms. The Morgan fingerprint density at radius 2 is 1.95 bits per heavy atom. The van der Waals surface area contributed by atoms with Gasteiger partial charge in [-0.25, -0.2) is 0 Å². The SMILES string of the molecule is C/C=C/C1=C(C)C(=O)C(OC(=O)CCC(C)=O)CC1(C)C. The van der Waals surface area contributed by atoms with Crippen LogP contribution < -0.4 is 0 Å². The molecule has 21 heavy (non-hydrogen) atoms. The Balaban J connectivity index is 2.87. The van der Waals surface area contributed by atoms with Gasteiger partial charge in [0.2, 0.25) is 0 Å². The Kier molecular flexibility index (Phi) is 5.64. The second-order valence-electron chi connectivity index (χ2n) is 6.17. The first-order valence-corrected chi connectivity index (χ1v) is 7.26. The lowest BCUT2D eigenvalue weighted by molar-refractivity contribution is -0.156. The van der Waals surface area contributed by atoms with Gasteiger partial charge >= 0.3 is 5.97 Å². The highest BCUT2D eigenvalue weighted by molar-refractivity contribution is 6.01. The number of Topliss-reactive ketones (excluding diaryl/α,β-unsaturated/α-hetero) is 2. The van der Waals surface area contributed by atoms with Gasteiger partial charge in [-0.2, -0.15) is 0 Å². The summed E-state index contributed by atoms with van der Waals surface area (Å²) in [5.41, 5.74) is 1.41. The van der Waals surface area contributed by atoms with Gasteiger partial charge in [0, 0.05) is 12.8 Å². The summed E-state index contributed by atoms with van der Waals surface area (Å²) < 4.78 is 5.29. The van der Waals surface area contributed by atoms with E-state index >= 15 is 0 Å². The zero-order chi connectivity index (χ0) is 16.2. The van der Waals surface area contributed by atoms with E-state index in [4.69, 9.17) is 4.74 Å². The molecule has 1 rings (SSSR count). The average molecular weight is 292 g/mol. The van der Waals surface area contributed by atoms with Crippen LogP contribution in [0.5, 0.6) is 0 Å². The van der Waals surface area contributed by atoms with Crippen molar-refractivity contribution in [2.75, 3.05) is 0 Å². The number of allylic oxidation sites excluding steroid dienone is 3. The molecule has 1 unspecified atom stereocenters. The minimum absolute atomic E-state index is 0.0318. The predicted molar refractivity (Wildman–Crippen MR) is 80.7 cm³/mol. The molecule has 4 nitrogen and oxygen atoms in total. The molecule has 0 aliphatic heterocycles. The van der Waals surface area contributed by atoms with Crippen molar-refractivity contribution in [3.05, 3.63) is 23.3 Å². The third kappa shape index (κ3) is 4.38. The third-order valence-electron chi connectivity index (χ3n) is 3.78. The van der Waals surface area contributed by atoms with Gasteiger partial charge in [0.1, 0.15) is 5.78 Å². The maximum Gasteiger partial charge on any atom is 0.306 e. The summed E-state index contributed by atoms with van der Waals surface area (Å²) in [5, 5.41) is 0. The van der Waals surface area contributed by atoms with Gasteiger partial charge in [0.15, 0.2) is 11.9 Å². The van der Waals surface area contributed by atoms with Crippen molar-refractivity contribution in [2.45, 2.75) is 60.0 Å². The molecule has 0 bridgehead atoms. The molecule has 0 heterocycles. The second kappa shape index (κ2) is 6.83. The van der Waals surface area contributed by atoms with E-state index in [2.05, 4.69) is 0 Å². The fraction of sp³-hybridized carbons (Fsp3) is 0.588. The lowest BCUT2D eigenvalue weighted by atomic mass is 9.71. The average Bonchev–Trinajstić information content (AvgIpc) is 2.38. The smallest absolute Gasteiger partial charge is 0.306 e. The largest absolute Gasteiger partial charge is 0.454 e. The van der Waals surface area contributed by atoms with Gasteiger partial charge < -0.3 is 9.53 Å². The summed E-state index contributed by atoms with van der Waals surface area (Å²) >= 11 is 0. The number of ether oxygens (including phenoxy) is 1. The first-order valence-electron chi connectivity index (χ1n) is 7.26. The molecule has 4 heteroatoms.